The summed E-state index contributed by atoms with van der Waals surface area (Å²) in [4.78, 5) is 27.2. The third kappa shape index (κ3) is 2.73. The topological polar surface area (TPSA) is 113 Å². The number of hydrazone groups is 1. The second-order valence-electron chi connectivity index (χ2n) is 2.04. The van der Waals surface area contributed by atoms with Gasteiger partial charge in [0.15, 0.2) is 0 Å². The zero-order valence-corrected chi connectivity index (χ0v) is 6.52. The molecular weight excluding hydrogens is 174 g/mol. The van der Waals surface area contributed by atoms with Gasteiger partial charge in [-0.05, 0) is 0 Å². The molecule has 1 rings (SSSR count). The van der Waals surface area contributed by atoms with Crippen LogP contribution in [0, 0.1) is 0 Å². The van der Waals surface area contributed by atoms with Crippen molar-refractivity contribution in [3.05, 3.63) is 18.2 Å². The number of rotatable bonds is 2. The van der Waals surface area contributed by atoms with E-state index in [2.05, 4.69) is 20.8 Å². The Morgan fingerprint density at radius 2 is 2.46 bits per heavy atom. The smallest absolute Gasteiger partial charge is 0.329 e. The summed E-state index contributed by atoms with van der Waals surface area (Å²) in [6.07, 6.45) is 4.37. The fourth-order valence-electron chi connectivity index (χ4n) is 0.555. The van der Waals surface area contributed by atoms with E-state index in [1.165, 1.54) is 12.4 Å². The van der Waals surface area contributed by atoms with E-state index in [9.17, 15) is 9.59 Å². The summed E-state index contributed by atoms with van der Waals surface area (Å²) < 4.78 is 0. The van der Waals surface area contributed by atoms with Crippen LogP contribution in [0.2, 0.25) is 0 Å². The van der Waals surface area contributed by atoms with Crippen LogP contribution in [0.25, 0.3) is 0 Å². The molecule has 0 atom stereocenters. The lowest BCUT2D eigenvalue weighted by Gasteiger charge is -1.91. The fourth-order valence-corrected chi connectivity index (χ4v) is 0.555. The monoisotopic (exact) mass is 181 g/mol. The summed E-state index contributed by atoms with van der Waals surface area (Å²) in [5.74, 6) is -1.59. The third-order valence-corrected chi connectivity index (χ3v) is 1.10. The average Bonchev–Trinajstić information content (AvgIpc) is 2.56. The van der Waals surface area contributed by atoms with Crippen molar-refractivity contribution < 1.29 is 9.59 Å². The summed E-state index contributed by atoms with van der Waals surface area (Å²) in [7, 11) is 0. The van der Waals surface area contributed by atoms with Crippen LogP contribution in [-0.2, 0) is 9.59 Å². The second-order valence-corrected chi connectivity index (χ2v) is 2.04. The molecule has 0 spiro atoms. The molecule has 0 aliphatic heterocycles. The highest BCUT2D eigenvalue weighted by Crippen LogP contribution is 1.80. The molecule has 0 radical (unpaired) electrons. The largest absolute Gasteiger partial charge is 0.361 e. The number of nitrogens with one attached hydrogen (secondary N) is 2. The lowest BCUT2D eigenvalue weighted by atomic mass is 10.6. The van der Waals surface area contributed by atoms with Crippen molar-refractivity contribution in [2.75, 3.05) is 0 Å². The van der Waals surface area contributed by atoms with Gasteiger partial charge in [0.2, 0.25) is 0 Å². The number of hydrogen-bond acceptors (Lipinski definition) is 4. The quantitative estimate of drug-likeness (QED) is 0.288. The van der Waals surface area contributed by atoms with Crippen LogP contribution in [0.1, 0.15) is 5.82 Å². The standard InChI is InChI=1S/C6H7N5O2/c7-5(12)6(13)11-10-3-4-8-1-2-9-4/h1-3H,(H2,7,12)(H,8,9)(H,11,13)/b10-3+. The highest BCUT2D eigenvalue weighted by atomic mass is 16.2. The Hall–Kier alpha value is -2.18. The number of hydrogen-bond donors (Lipinski definition) is 3. The van der Waals surface area contributed by atoms with Crippen molar-refractivity contribution in [1.82, 2.24) is 15.4 Å². The third-order valence-electron chi connectivity index (χ3n) is 1.10. The Morgan fingerprint density at radius 1 is 1.69 bits per heavy atom. The number of nitrogens with two attached hydrogens (primary N) is 1. The minimum atomic E-state index is -1.09. The first-order valence-electron chi connectivity index (χ1n) is 3.32. The fraction of sp³-hybridized carbons (Fsp3) is 0. The molecule has 7 heteroatoms. The zero-order chi connectivity index (χ0) is 9.68. The Bertz CT molecular complexity index is 329. The molecule has 4 N–H and O–H groups in total. The van der Waals surface area contributed by atoms with E-state index in [0.717, 1.165) is 0 Å². The van der Waals surface area contributed by atoms with E-state index >= 15 is 0 Å². The van der Waals surface area contributed by atoms with E-state index in [-0.39, 0.29) is 0 Å². The molecule has 2 amide bonds. The lowest BCUT2D eigenvalue weighted by Crippen LogP contribution is -2.32. The molecule has 1 heterocycles. The van der Waals surface area contributed by atoms with Crippen molar-refractivity contribution in [1.29, 1.82) is 0 Å². The van der Waals surface area contributed by atoms with E-state index in [4.69, 9.17) is 0 Å². The van der Waals surface area contributed by atoms with Gasteiger partial charge in [0.05, 0.1) is 6.21 Å². The van der Waals surface area contributed by atoms with Gasteiger partial charge in [-0.3, -0.25) is 9.59 Å². The van der Waals surface area contributed by atoms with Gasteiger partial charge >= 0.3 is 11.8 Å². The summed E-state index contributed by atoms with van der Waals surface area (Å²) in [5.41, 5.74) is 6.56. The lowest BCUT2D eigenvalue weighted by molar-refractivity contribution is -0.137. The van der Waals surface area contributed by atoms with Crippen molar-refractivity contribution in [2.45, 2.75) is 0 Å². The maximum Gasteiger partial charge on any atom is 0.329 e. The molecule has 0 aromatic carbocycles. The van der Waals surface area contributed by atoms with Crippen LogP contribution >= 0.6 is 0 Å². The summed E-state index contributed by atoms with van der Waals surface area (Å²) in [6, 6.07) is 0. The predicted octanol–water partition coefficient (Wildman–Crippen LogP) is -1.65. The summed E-state index contributed by atoms with van der Waals surface area (Å²) in [6.45, 7) is 0. The van der Waals surface area contributed by atoms with Gasteiger partial charge in [0, 0.05) is 12.4 Å². The molecule has 0 aliphatic rings. The van der Waals surface area contributed by atoms with Gasteiger partial charge in [-0.15, -0.1) is 0 Å². The Balaban J connectivity index is 2.43. The highest BCUT2D eigenvalue weighted by molar-refractivity contribution is 6.34. The molecule has 0 unspecified atom stereocenters. The molecular formula is C6H7N5O2. The molecule has 68 valence electrons. The predicted molar refractivity (Wildman–Crippen MR) is 43.5 cm³/mol. The summed E-state index contributed by atoms with van der Waals surface area (Å²) >= 11 is 0. The van der Waals surface area contributed by atoms with Crippen LogP contribution in [0.3, 0.4) is 0 Å². The van der Waals surface area contributed by atoms with E-state index in [0.29, 0.717) is 5.82 Å². The Morgan fingerprint density at radius 3 is 3.00 bits per heavy atom. The number of nitrogens with zero attached hydrogens (tertiary/aromatic N) is 2. The first-order valence-corrected chi connectivity index (χ1v) is 3.32. The van der Waals surface area contributed by atoms with Crippen LogP contribution in [0.15, 0.2) is 17.5 Å². The van der Waals surface area contributed by atoms with E-state index in [1.54, 1.807) is 6.20 Å². The van der Waals surface area contributed by atoms with E-state index in [1.807, 2.05) is 5.43 Å². The van der Waals surface area contributed by atoms with Gasteiger partial charge < -0.3 is 10.7 Å². The van der Waals surface area contributed by atoms with Gasteiger partial charge in [-0.2, -0.15) is 5.10 Å². The SMILES string of the molecule is NC(=O)C(=O)N/N=C/c1ncc[nH]1. The number of carbonyl (C=O) groups is 2. The highest BCUT2D eigenvalue weighted by Gasteiger charge is 2.05. The van der Waals surface area contributed by atoms with Crippen molar-refractivity contribution in [2.24, 2.45) is 10.8 Å². The molecule has 0 saturated heterocycles. The second kappa shape index (κ2) is 4.00. The number of aromatic amines is 1. The number of carbonyl (C=O) groups excluding carboxylic acids is 2. The number of H-pyrrole nitrogens is 1. The van der Waals surface area contributed by atoms with Gasteiger partial charge in [-0.25, -0.2) is 10.4 Å². The molecule has 0 fully saturated rings. The number of imidazole rings is 1. The molecule has 0 bridgehead atoms. The van der Waals surface area contributed by atoms with Crippen LogP contribution in [-0.4, -0.2) is 28.0 Å². The zero-order valence-electron chi connectivity index (χ0n) is 6.52. The molecule has 1 aromatic heterocycles. The minimum Gasteiger partial charge on any atom is -0.361 e. The number of aromatic nitrogens is 2. The first kappa shape index (κ1) is 8.91. The van der Waals surface area contributed by atoms with Crippen LogP contribution in [0.4, 0.5) is 0 Å². The molecule has 7 nitrogen and oxygen atoms in total. The maximum atomic E-state index is 10.5. The Labute approximate surface area is 73.0 Å². The van der Waals surface area contributed by atoms with Gasteiger partial charge in [0.1, 0.15) is 5.82 Å². The average molecular weight is 181 g/mol. The van der Waals surface area contributed by atoms with Gasteiger partial charge in [0.25, 0.3) is 0 Å². The normalized spacial score (nSPS) is 10.2. The summed E-state index contributed by atoms with van der Waals surface area (Å²) in [5, 5.41) is 3.42. The first-order chi connectivity index (χ1) is 6.20. The van der Waals surface area contributed by atoms with Crippen molar-refractivity contribution >= 4 is 18.0 Å². The van der Waals surface area contributed by atoms with Crippen LogP contribution in [0.5, 0.6) is 0 Å². The van der Waals surface area contributed by atoms with Crippen LogP contribution < -0.4 is 11.2 Å². The molecule has 1 aromatic rings. The number of primary amides is 1. The van der Waals surface area contributed by atoms with E-state index < -0.39 is 11.8 Å². The van der Waals surface area contributed by atoms with Crippen molar-refractivity contribution in [3.63, 3.8) is 0 Å². The molecule has 0 aliphatic carbocycles. The molecule has 13 heavy (non-hydrogen) atoms. The molecule has 0 saturated carbocycles. The van der Waals surface area contributed by atoms with Crippen molar-refractivity contribution in [3.8, 4) is 0 Å². The maximum absolute atomic E-state index is 10.5. The minimum absolute atomic E-state index is 0.463. The van der Waals surface area contributed by atoms with Gasteiger partial charge in [-0.1, -0.05) is 0 Å². The Kier molecular flexibility index (Phi) is 2.74. The number of amides is 2.